The summed E-state index contributed by atoms with van der Waals surface area (Å²) in [5, 5.41) is 33.7. The summed E-state index contributed by atoms with van der Waals surface area (Å²) in [5.74, 6) is 3.47. The van der Waals surface area contributed by atoms with Crippen LogP contribution in [0.25, 0.3) is 5.69 Å². The van der Waals surface area contributed by atoms with E-state index in [2.05, 4.69) is 72.6 Å². The minimum absolute atomic E-state index is 0.0615. The van der Waals surface area contributed by atoms with E-state index in [1.54, 1.807) is 115 Å². The summed E-state index contributed by atoms with van der Waals surface area (Å²) in [6.07, 6.45) is 8.41. The van der Waals surface area contributed by atoms with Gasteiger partial charge in [0.1, 0.15) is 28.8 Å². The van der Waals surface area contributed by atoms with E-state index in [0.29, 0.717) is 46.0 Å². The molecule has 0 unspecified atom stereocenters. The molecule has 4 heterocycles. The average Bonchev–Trinajstić information content (AvgIpc) is 3.93. The van der Waals surface area contributed by atoms with Crippen molar-refractivity contribution in [3.05, 3.63) is 151 Å². The third-order valence-corrected chi connectivity index (χ3v) is 8.49. The largest absolute Gasteiger partial charge is 0.457 e. The Bertz CT molecular complexity index is 2470. The molecule has 4 aromatic heterocycles. The van der Waals surface area contributed by atoms with Gasteiger partial charge in [-0.3, -0.25) is 30.5 Å². The highest BCUT2D eigenvalue weighted by atomic mass is 16.5. The molecule has 61 heavy (non-hydrogen) atoms. The summed E-state index contributed by atoms with van der Waals surface area (Å²) < 4.78 is 13.0. The number of aliphatic hydroxyl groups is 1. The van der Waals surface area contributed by atoms with Crippen LogP contribution in [-0.4, -0.2) is 66.2 Å². The lowest BCUT2D eigenvalue weighted by Crippen LogP contribution is -2.27. The van der Waals surface area contributed by atoms with Gasteiger partial charge in [0, 0.05) is 65.9 Å². The van der Waals surface area contributed by atoms with Crippen LogP contribution >= 0.6 is 0 Å². The summed E-state index contributed by atoms with van der Waals surface area (Å²) in [4.78, 5) is 44.3. The van der Waals surface area contributed by atoms with Crippen LogP contribution in [0.5, 0.6) is 23.0 Å². The molecule has 0 aliphatic heterocycles. The van der Waals surface area contributed by atoms with Gasteiger partial charge in [0.15, 0.2) is 5.82 Å². The van der Waals surface area contributed by atoms with Crippen LogP contribution in [0.2, 0.25) is 0 Å². The number of hydrogen-bond acceptors (Lipinski definition) is 10. The molecular formula is C44H45N11O6. The van der Waals surface area contributed by atoms with E-state index in [9.17, 15) is 14.4 Å². The van der Waals surface area contributed by atoms with Gasteiger partial charge in [0.05, 0.1) is 24.9 Å². The van der Waals surface area contributed by atoms with Crippen LogP contribution in [0.1, 0.15) is 32.0 Å². The number of rotatable bonds is 13. The SMILES string of the molecule is CC(C)(C)c1cc(NC(=O)Nc2ccc(Oc3ccncc3)cc2)n[nH]1.O=C(Cc1ccc(-n2nccc2NC(=O)Nc2ccc(Oc3ccncc3)cc2)cc1)NCCO. The average molecular weight is 824 g/mol. The Hall–Kier alpha value is -8.05. The number of carbonyl (C=O) groups excluding carboxylic acids is 3. The molecule has 17 nitrogen and oxygen atoms in total. The first-order valence-corrected chi connectivity index (χ1v) is 19.1. The van der Waals surface area contributed by atoms with Crippen molar-refractivity contribution in [3.8, 4) is 28.7 Å². The highest BCUT2D eigenvalue weighted by Crippen LogP contribution is 2.25. The van der Waals surface area contributed by atoms with Gasteiger partial charge < -0.3 is 30.5 Å². The molecule has 0 fully saturated rings. The van der Waals surface area contributed by atoms with Gasteiger partial charge in [-0.05, 0) is 90.5 Å². The molecule has 0 bridgehead atoms. The second-order valence-electron chi connectivity index (χ2n) is 14.2. The maximum absolute atomic E-state index is 12.5. The highest BCUT2D eigenvalue weighted by molar-refractivity contribution is 6.00. The van der Waals surface area contributed by atoms with Crippen LogP contribution < -0.4 is 36.1 Å². The smallest absolute Gasteiger partial charge is 0.324 e. The maximum Gasteiger partial charge on any atom is 0.324 e. The highest BCUT2D eigenvalue weighted by Gasteiger charge is 2.17. The Morgan fingerprint density at radius 2 is 1.18 bits per heavy atom. The lowest BCUT2D eigenvalue weighted by Gasteiger charge is -2.14. The Kier molecular flexibility index (Phi) is 14.4. The quantitative estimate of drug-likeness (QED) is 0.0596. The molecule has 0 spiro atoms. The van der Waals surface area contributed by atoms with Crippen LogP contribution in [-0.2, 0) is 16.6 Å². The first kappa shape index (κ1) is 42.6. The molecule has 5 amide bonds. The van der Waals surface area contributed by atoms with Crippen LogP contribution in [0.15, 0.2) is 140 Å². The van der Waals surface area contributed by atoms with Crippen LogP contribution in [0.3, 0.4) is 0 Å². The van der Waals surface area contributed by atoms with Gasteiger partial charge in [0.25, 0.3) is 0 Å². The number of nitrogens with zero attached hydrogens (tertiary/aromatic N) is 5. The molecule has 0 saturated heterocycles. The molecule has 0 radical (unpaired) electrons. The molecule has 7 N–H and O–H groups in total. The number of pyridine rings is 2. The minimum Gasteiger partial charge on any atom is -0.457 e. The number of ether oxygens (including phenoxy) is 2. The van der Waals surface area contributed by atoms with E-state index < -0.39 is 6.03 Å². The standard InChI is InChI=1S/C25H24N6O4.C19H21N5O2/c32-16-15-27-24(33)17-18-1-5-20(6-2-18)31-23(11-14-28-31)30-25(34)29-19-3-7-21(8-4-19)35-22-9-12-26-13-10-22;1-19(2,3)16-12-17(24-23-16)22-18(25)21-13-4-6-14(7-5-13)26-15-8-10-20-11-9-15/h1-14,32H,15-17H2,(H,27,33)(H2,29,30,34);4-12H,1-3H3,(H3,21,22,23,24,25). The molecule has 3 aromatic carbocycles. The second kappa shape index (κ2) is 20.6. The van der Waals surface area contributed by atoms with Gasteiger partial charge >= 0.3 is 12.1 Å². The van der Waals surface area contributed by atoms with E-state index in [1.165, 1.54) is 0 Å². The Balaban J connectivity index is 0.000000213. The monoisotopic (exact) mass is 823 g/mol. The van der Waals surface area contributed by atoms with E-state index >= 15 is 0 Å². The second-order valence-corrected chi connectivity index (χ2v) is 14.2. The fourth-order valence-corrected chi connectivity index (χ4v) is 5.43. The predicted molar refractivity (Wildman–Crippen MR) is 231 cm³/mol. The van der Waals surface area contributed by atoms with Crippen molar-refractivity contribution in [2.75, 3.05) is 34.4 Å². The molecule has 17 heteroatoms. The van der Waals surface area contributed by atoms with Crippen molar-refractivity contribution in [3.63, 3.8) is 0 Å². The zero-order valence-electron chi connectivity index (χ0n) is 33.6. The van der Waals surface area contributed by atoms with Crippen molar-refractivity contribution < 1.29 is 29.0 Å². The Labute approximate surface area is 351 Å². The van der Waals surface area contributed by atoms with Gasteiger partial charge in [-0.15, -0.1) is 0 Å². The van der Waals surface area contributed by atoms with Gasteiger partial charge in [-0.1, -0.05) is 32.9 Å². The fourth-order valence-electron chi connectivity index (χ4n) is 5.43. The number of anilines is 4. The van der Waals surface area contributed by atoms with Crippen molar-refractivity contribution in [1.29, 1.82) is 0 Å². The van der Waals surface area contributed by atoms with E-state index in [0.717, 1.165) is 16.9 Å². The number of H-pyrrole nitrogens is 1. The van der Waals surface area contributed by atoms with Crippen LogP contribution in [0.4, 0.5) is 32.6 Å². The van der Waals surface area contributed by atoms with E-state index in [-0.39, 0.29) is 36.9 Å². The molecule has 7 rings (SSSR count). The first-order valence-electron chi connectivity index (χ1n) is 19.1. The summed E-state index contributed by atoms with van der Waals surface area (Å²) in [6.45, 7) is 6.34. The molecule has 0 saturated carbocycles. The minimum atomic E-state index is -0.424. The van der Waals surface area contributed by atoms with Gasteiger partial charge in [0.2, 0.25) is 5.91 Å². The number of benzene rings is 3. The van der Waals surface area contributed by atoms with Crippen molar-refractivity contribution in [1.82, 2.24) is 35.3 Å². The first-order chi connectivity index (χ1) is 29.5. The summed E-state index contributed by atoms with van der Waals surface area (Å²) in [5.41, 5.74) is 3.68. The third kappa shape index (κ3) is 13.2. The topological polar surface area (TPSA) is 222 Å². The zero-order chi connectivity index (χ0) is 43.0. The lowest BCUT2D eigenvalue weighted by molar-refractivity contribution is -0.120. The molecule has 0 aliphatic carbocycles. The number of urea groups is 2. The van der Waals surface area contributed by atoms with Crippen molar-refractivity contribution in [2.24, 2.45) is 0 Å². The Morgan fingerprint density at radius 3 is 1.69 bits per heavy atom. The van der Waals surface area contributed by atoms with E-state index in [4.69, 9.17) is 14.6 Å². The number of aliphatic hydroxyl groups excluding tert-OH is 1. The number of amides is 5. The van der Waals surface area contributed by atoms with E-state index in [1.807, 2.05) is 30.3 Å². The van der Waals surface area contributed by atoms with Gasteiger partial charge in [-0.25, -0.2) is 14.3 Å². The van der Waals surface area contributed by atoms with Gasteiger partial charge in [-0.2, -0.15) is 10.2 Å². The molecular weight excluding hydrogens is 779 g/mol. The molecule has 0 atom stereocenters. The number of aromatic amines is 1. The number of aromatic nitrogens is 6. The predicted octanol–water partition coefficient (Wildman–Crippen LogP) is 7.89. The Morgan fingerprint density at radius 1 is 0.656 bits per heavy atom. The number of carbonyl (C=O) groups is 3. The zero-order valence-corrected chi connectivity index (χ0v) is 33.6. The lowest BCUT2D eigenvalue weighted by atomic mass is 9.92. The summed E-state index contributed by atoms with van der Waals surface area (Å²) in [7, 11) is 0. The fraction of sp³-hybridized carbons (Fsp3) is 0.159. The normalized spacial score (nSPS) is 10.7. The van der Waals surface area contributed by atoms with Crippen LogP contribution in [0, 0.1) is 0 Å². The molecule has 0 aliphatic rings. The van der Waals surface area contributed by atoms with Crippen molar-refractivity contribution >= 4 is 41.0 Å². The third-order valence-electron chi connectivity index (χ3n) is 8.49. The molecule has 312 valence electrons. The maximum atomic E-state index is 12.5. The summed E-state index contributed by atoms with van der Waals surface area (Å²) in [6, 6.07) is 31.1. The number of nitrogens with one attached hydrogen (secondary N) is 6. The summed E-state index contributed by atoms with van der Waals surface area (Å²) >= 11 is 0. The van der Waals surface area contributed by atoms with Crippen molar-refractivity contribution in [2.45, 2.75) is 32.6 Å². The number of hydrogen-bond donors (Lipinski definition) is 7. The molecule has 7 aromatic rings.